The number of nitrogens with two attached hydrogens (primary N) is 1. The van der Waals surface area contributed by atoms with E-state index in [9.17, 15) is 0 Å². The Hall–Kier alpha value is -2.56. The van der Waals surface area contributed by atoms with Gasteiger partial charge in [0.25, 0.3) is 0 Å². The molecule has 0 saturated carbocycles. The zero-order valence-corrected chi connectivity index (χ0v) is 9.84. The highest BCUT2D eigenvalue weighted by molar-refractivity contribution is 5.89. The van der Waals surface area contributed by atoms with Gasteiger partial charge in [0.1, 0.15) is 5.75 Å². The summed E-state index contributed by atoms with van der Waals surface area (Å²) in [7, 11) is 1.63. The maximum atomic E-state index is 5.53. The Morgan fingerprint density at radius 3 is 2.50 bits per heavy atom. The minimum Gasteiger partial charge on any atom is -0.496 e. The number of fused-ring (bicyclic) bond motifs is 1. The average Bonchev–Trinajstić information content (AvgIpc) is 2.83. The summed E-state index contributed by atoms with van der Waals surface area (Å²) in [6, 6.07) is 12.0. The number of H-pyrrole nitrogens is 1. The topological polar surface area (TPSA) is 76.8 Å². The second-order valence-electron chi connectivity index (χ2n) is 3.94. The molecule has 0 amide bonds. The molecule has 2 aromatic carbocycles. The zero-order chi connectivity index (χ0) is 12.5. The van der Waals surface area contributed by atoms with Crippen LogP contribution in [-0.4, -0.2) is 22.3 Å². The maximum absolute atomic E-state index is 5.53. The number of anilines is 1. The maximum Gasteiger partial charge on any atom is 0.239 e. The van der Waals surface area contributed by atoms with Crippen LogP contribution in [0, 0.1) is 0 Å². The molecule has 0 aliphatic carbocycles. The highest BCUT2D eigenvalue weighted by Gasteiger charge is 2.11. The van der Waals surface area contributed by atoms with Gasteiger partial charge in [0.2, 0.25) is 5.95 Å². The van der Waals surface area contributed by atoms with Crippen LogP contribution in [0.3, 0.4) is 0 Å². The Labute approximate surface area is 104 Å². The van der Waals surface area contributed by atoms with E-state index in [1.165, 1.54) is 0 Å². The predicted octanol–water partition coefficient (Wildman–Crippen LogP) is 2.22. The zero-order valence-electron chi connectivity index (χ0n) is 9.84. The molecule has 3 rings (SSSR count). The van der Waals surface area contributed by atoms with E-state index in [1.807, 2.05) is 36.4 Å². The van der Waals surface area contributed by atoms with Crippen LogP contribution in [0.5, 0.6) is 5.75 Å². The number of nitrogens with zero attached hydrogens (tertiary/aromatic N) is 2. The quantitative estimate of drug-likeness (QED) is 0.720. The number of methoxy groups -OCH3 is 1. The Morgan fingerprint density at radius 1 is 1.17 bits per heavy atom. The number of benzene rings is 2. The lowest BCUT2D eigenvalue weighted by atomic mass is 10.1. The lowest BCUT2D eigenvalue weighted by Crippen LogP contribution is -1.90. The molecular formula is C13H12N4O. The largest absolute Gasteiger partial charge is 0.496 e. The molecule has 0 aliphatic heterocycles. The van der Waals surface area contributed by atoms with Crippen LogP contribution in [0.1, 0.15) is 0 Å². The van der Waals surface area contributed by atoms with Gasteiger partial charge in [-0.2, -0.15) is 4.98 Å². The number of nitrogen functional groups attached to an aromatic ring is 1. The molecule has 0 unspecified atom stereocenters. The molecule has 1 heterocycles. The van der Waals surface area contributed by atoms with Crippen molar-refractivity contribution in [2.24, 2.45) is 0 Å². The predicted molar refractivity (Wildman–Crippen MR) is 70.3 cm³/mol. The lowest BCUT2D eigenvalue weighted by Gasteiger charge is -2.08. The van der Waals surface area contributed by atoms with Crippen LogP contribution in [0.2, 0.25) is 0 Å². The molecule has 0 radical (unpaired) electrons. The third kappa shape index (κ3) is 1.66. The molecule has 0 aliphatic rings. The van der Waals surface area contributed by atoms with Crippen molar-refractivity contribution in [1.82, 2.24) is 15.2 Å². The van der Waals surface area contributed by atoms with Gasteiger partial charge in [-0.3, -0.25) is 5.10 Å². The van der Waals surface area contributed by atoms with E-state index < -0.39 is 0 Å². The Morgan fingerprint density at radius 2 is 1.89 bits per heavy atom. The molecule has 5 heteroatoms. The number of hydrogen-bond acceptors (Lipinski definition) is 4. The number of aromatic nitrogens is 3. The minimum absolute atomic E-state index is 0.222. The summed E-state index contributed by atoms with van der Waals surface area (Å²) in [5, 5.41) is 8.86. The highest BCUT2D eigenvalue weighted by atomic mass is 16.5. The third-order valence-corrected chi connectivity index (χ3v) is 2.83. The van der Waals surface area contributed by atoms with E-state index in [4.69, 9.17) is 10.5 Å². The van der Waals surface area contributed by atoms with Crippen molar-refractivity contribution in [2.75, 3.05) is 12.8 Å². The average molecular weight is 240 g/mol. The number of nitrogens with one attached hydrogen (secondary N) is 1. The number of rotatable bonds is 2. The monoisotopic (exact) mass is 240 g/mol. The fourth-order valence-electron chi connectivity index (χ4n) is 1.97. The fourth-order valence-corrected chi connectivity index (χ4v) is 1.97. The number of ether oxygens (including phenoxy) is 1. The van der Waals surface area contributed by atoms with E-state index in [0.29, 0.717) is 5.82 Å². The molecule has 18 heavy (non-hydrogen) atoms. The summed E-state index contributed by atoms with van der Waals surface area (Å²) >= 11 is 0. The standard InChI is InChI=1S/C13H12N4O/c1-18-11-7-9-5-3-2-4-8(9)6-10(11)12-15-13(14)17-16-12/h2-7H,1H3,(H3,14,15,16,17). The normalized spacial score (nSPS) is 10.7. The number of aromatic amines is 1. The number of hydrogen-bond donors (Lipinski definition) is 2. The highest BCUT2D eigenvalue weighted by Crippen LogP contribution is 2.32. The van der Waals surface area contributed by atoms with Gasteiger partial charge in [0.15, 0.2) is 5.82 Å². The molecule has 0 atom stereocenters. The van der Waals surface area contributed by atoms with E-state index in [-0.39, 0.29) is 5.95 Å². The molecule has 3 N–H and O–H groups in total. The van der Waals surface area contributed by atoms with Crippen molar-refractivity contribution in [2.45, 2.75) is 0 Å². The van der Waals surface area contributed by atoms with Crippen LogP contribution in [-0.2, 0) is 0 Å². The van der Waals surface area contributed by atoms with Crippen LogP contribution in [0.4, 0.5) is 5.95 Å². The summed E-state index contributed by atoms with van der Waals surface area (Å²) in [4.78, 5) is 4.13. The van der Waals surface area contributed by atoms with Gasteiger partial charge >= 0.3 is 0 Å². The van der Waals surface area contributed by atoms with Crippen molar-refractivity contribution in [1.29, 1.82) is 0 Å². The summed E-state index contributed by atoms with van der Waals surface area (Å²) in [5.74, 6) is 1.57. The summed E-state index contributed by atoms with van der Waals surface area (Å²) in [6.45, 7) is 0. The van der Waals surface area contributed by atoms with Crippen molar-refractivity contribution in [3.05, 3.63) is 36.4 Å². The van der Waals surface area contributed by atoms with Gasteiger partial charge in [0.05, 0.1) is 12.7 Å². The van der Waals surface area contributed by atoms with Gasteiger partial charge in [-0.1, -0.05) is 24.3 Å². The van der Waals surface area contributed by atoms with Gasteiger partial charge in [0, 0.05) is 0 Å². The van der Waals surface area contributed by atoms with Crippen molar-refractivity contribution >= 4 is 16.7 Å². The van der Waals surface area contributed by atoms with Gasteiger partial charge in [-0.15, -0.1) is 5.10 Å². The SMILES string of the molecule is COc1cc2ccccc2cc1-c1nc(N)n[nH]1. The van der Waals surface area contributed by atoms with Gasteiger partial charge in [-0.25, -0.2) is 0 Å². The first-order valence-electron chi connectivity index (χ1n) is 5.53. The smallest absolute Gasteiger partial charge is 0.239 e. The van der Waals surface area contributed by atoms with Gasteiger partial charge in [-0.05, 0) is 22.9 Å². The third-order valence-electron chi connectivity index (χ3n) is 2.83. The summed E-state index contributed by atoms with van der Waals surface area (Å²) in [6.07, 6.45) is 0. The van der Waals surface area contributed by atoms with Crippen LogP contribution < -0.4 is 10.5 Å². The molecule has 5 nitrogen and oxygen atoms in total. The molecule has 1 aromatic heterocycles. The molecule has 0 spiro atoms. The molecule has 3 aromatic rings. The van der Waals surface area contributed by atoms with E-state index in [0.717, 1.165) is 22.1 Å². The van der Waals surface area contributed by atoms with Crippen molar-refractivity contribution < 1.29 is 4.74 Å². The molecule has 0 fully saturated rings. The lowest BCUT2D eigenvalue weighted by molar-refractivity contribution is 0.417. The van der Waals surface area contributed by atoms with Crippen molar-refractivity contribution in [3.8, 4) is 17.1 Å². The van der Waals surface area contributed by atoms with Crippen LogP contribution in [0.15, 0.2) is 36.4 Å². The van der Waals surface area contributed by atoms with E-state index in [1.54, 1.807) is 7.11 Å². The second-order valence-corrected chi connectivity index (χ2v) is 3.94. The Bertz CT molecular complexity index is 705. The molecular weight excluding hydrogens is 228 g/mol. The molecule has 0 bridgehead atoms. The minimum atomic E-state index is 0.222. The van der Waals surface area contributed by atoms with E-state index >= 15 is 0 Å². The van der Waals surface area contributed by atoms with Gasteiger partial charge < -0.3 is 10.5 Å². The van der Waals surface area contributed by atoms with Crippen molar-refractivity contribution in [3.63, 3.8) is 0 Å². The first-order valence-corrected chi connectivity index (χ1v) is 5.53. The summed E-state index contributed by atoms with van der Waals surface area (Å²) in [5.41, 5.74) is 6.37. The first kappa shape index (κ1) is 10.6. The summed E-state index contributed by atoms with van der Waals surface area (Å²) < 4.78 is 5.39. The van der Waals surface area contributed by atoms with Crippen LogP contribution in [0.25, 0.3) is 22.2 Å². The Balaban J connectivity index is 2.26. The molecule has 0 saturated heterocycles. The first-order chi connectivity index (χ1) is 8.78. The van der Waals surface area contributed by atoms with E-state index in [2.05, 4.69) is 15.2 Å². The Kier molecular flexibility index (Phi) is 2.37. The van der Waals surface area contributed by atoms with Crippen LogP contribution >= 0.6 is 0 Å². The second kappa shape index (κ2) is 4.03. The molecule has 90 valence electrons. The fraction of sp³-hybridized carbons (Fsp3) is 0.0769.